The summed E-state index contributed by atoms with van der Waals surface area (Å²) >= 11 is 1.41. The van der Waals surface area contributed by atoms with Gasteiger partial charge in [-0.2, -0.15) is 0 Å². The van der Waals surface area contributed by atoms with E-state index < -0.39 is 0 Å². The highest BCUT2D eigenvalue weighted by Gasteiger charge is 2.21. The van der Waals surface area contributed by atoms with Gasteiger partial charge in [0.05, 0.1) is 0 Å². The predicted octanol–water partition coefficient (Wildman–Crippen LogP) is 2.91. The minimum Gasteiger partial charge on any atom is -0.343 e. The number of nitrogens with zero attached hydrogens (tertiary/aromatic N) is 2. The van der Waals surface area contributed by atoms with Crippen LogP contribution < -0.4 is 5.56 Å². The van der Waals surface area contributed by atoms with Crippen LogP contribution in [-0.4, -0.2) is 40.1 Å². The Kier molecular flexibility index (Phi) is 6.69. The van der Waals surface area contributed by atoms with Gasteiger partial charge in [0.15, 0.2) is 5.16 Å². The zero-order valence-electron chi connectivity index (χ0n) is 14.4. The molecule has 0 saturated heterocycles. The number of hydrogen-bond donors (Lipinski definition) is 1. The first-order valence-corrected chi connectivity index (χ1v) is 9.65. The first-order valence-electron chi connectivity index (χ1n) is 8.42. The Labute approximate surface area is 142 Å². The Balaban J connectivity index is 1.97. The average Bonchev–Trinajstić information content (AvgIpc) is 2.82. The summed E-state index contributed by atoms with van der Waals surface area (Å²) in [5, 5.41) is 0.623. The van der Waals surface area contributed by atoms with Crippen LogP contribution in [0, 0.1) is 6.92 Å². The molecule has 2 rings (SSSR count). The second kappa shape index (κ2) is 8.52. The van der Waals surface area contributed by atoms with E-state index in [1.54, 1.807) is 0 Å². The normalized spacial score (nSPS) is 16.1. The fourth-order valence-electron chi connectivity index (χ4n) is 3.23. The molecule has 0 atom stereocenters. The van der Waals surface area contributed by atoms with E-state index in [-0.39, 0.29) is 11.5 Å². The van der Waals surface area contributed by atoms with E-state index in [1.807, 2.05) is 25.1 Å². The number of aromatic amines is 1. The molecule has 0 aliphatic heterocycles. The fraction of sp³-hybridized carbons (Fsp3) is 0.706. The quantitative estimate of drug-likeness (QED) is 0.510. The van der Waals surface area contributed by atoms with Gasteiger partial charge in [0.2, 0.25) is 5.91 Å². The summed E-state index contributed by atoms with van der Waals surface area (Å²) in [4.78, 5) is 33.6. The van der Waals surface area contributed by atoms with Crippen molar-refractivity contribution in [3.05, 3.63) is 21.6 Å². The Morgan fingerprint density at radius 1 is 1.30 bits per heavy atom. The van der Waals surface area contributed by atoms with Crippen LogP contribution in [0.3, 0.4) is 0 Å². The van der Waals surface area contributed by atoms with Gasteiger partial charge in [0, 0.05) is 30.8 Å². The van der Waals surface area contributed by atoms with Crippen LogP contribution in [0.2, 0.25) is 0 Å². The summed E-state index contributed by atoms with van der Waals surface area (Å²) in [6, 6.07) is 0.362. The maximum atomic E-state index is 12.5. The number of aryl methyl sites for hydroxylation is 1. The molecule has 0 aromatic carbocycles. The van der Waals surface area contributed by atoms with Crippen LogP contribution in [0.15, 0.2) is 9.95 Å². The summed E-state index contributed by atoms with van der Waals surface area (Å²) in [5.74, 6) is 0.129. The topological polar surface area (TPSA) is 66.1 Å². The molecule has 5 nitrogen and oxygen atoms in total. The minimum absolute atomic E-state index is 0.119. The van der Waals surface area contributed by atoms with Crippen LogP contribution >= 0.6 is 11.8 Å². The van der Waals surface area contributed by atoms with Crippen molar-refractivity contribution in [3.8, 4) is 0 Å². The van der Waals surface area contributed by atoms with Crippen molar-refractivity contribution in [1.82, 2.24) is 14.9 Å². The molecular formula is C17H27N3O2S. The standard InChI is InChI=1S/C17H27N3O2S/c1-12-14(16(22)19-17(18-12)23-3)10-11-15(21)20(2)13-8-6-4-5-7-9-13/h13H,4-11H2,1-3H3,(H,18,19,22). The first-order chi connectivity index (χ1) is 11.0. The lowest BCUT2D eigenvalue weighted by Crippen LogP contribution is -2.37. The van der Waals surface area contributed by atoms with Gasteiger partial charge in [-0.1, -0.05) is 37.4 Å². The van der Waals surface area contributed by atoms with E-state index in [1.165, 1.54) is 37.4 Å². The van der Waals surface area contributed by atoms with Gasteiger partial charge in [0.1, 0.15) is 0 Å². The molecule has 1 aliphatic carbocycles. The monoisotopic (exact) mass is 337 g/mol. The Morgan fingerprint density at radius 2 is 1.96 bits per heavy atom. The lowest BCUT2D eigenvalue weighted by molar-refractivity contribution is -0.132. The van der Waals surface area contributed by atoms with Gasteiger partial charge in [-0.3, -0.25) is 9.59 Å². The highest BCUT2D eigenvalue weighted by atomic mass is 32.2. The molecule has 0 spiro atoms. The van der Waals surface area contributed by atoms with Gasteiger partial charge in [0.25, 0.3) is 5.56 Å². The third-order valence-electron chi connectivity index (χ3n) is 4.75. The van der Waals surface area contributed by atoms with E-state index in [2.05, 4.69) is 9.97 Å². The third-order valence-corrected chi connectivity index (χ3v) is 5.33. The zero-order valence-corrected chi connectivity index (χ0v) is 15.2. The predicted molar refractivity (Wildman–Crippen MR) is 94.0 cm³/mol. The number of carbonyl (C=O) groups is 1. The number of hydrogen-bond acceptors (Lipinski definition) is 4. The maximum Gasteiger partial charge on any atom is 0.254 e. The van der Waals surface area contributed by atoms with Crippen molar-refractivity contribution in [2.45, 2.75) is 69.5 Å². The number of H-pyrrole nitrogens is 1. The molecule has 1 aromatic heterocycles. The fourth-order valence-corrected chi connectivity index (χ4v) is 3.66. The molecule has 0 bridgehead atoms. The molecule has 1 aromatic rings. The summed E-state index contributed by atoms with van der Waals surface area (Å²) < 4.78 is 0. The summed E-state index contributed by atoms with van der Waals surface area (Å²) in [7, 11) is 1.91. The number of rotatable bonds is 5. The molecule has 1 N–H and O–H groups in total. The third kappa shape index (κ3) is 4.83. The average molecular weight is 337 g/mol. The van der Waals surface area contributed by atoms with Gasteiger partial charge >= 0.3 is 0 Å². The van der Waals surface area contributed by atoms with E-state index in [9.17, 15) is 9.59 Å². The Morgan fingerprint density at radius 3 is 2.52 bits per heavy atom. The van der Waals surface area contributed by atoms with E-state index in [0.717, 1.165) is 18.5 Å². The Bertz CT molecular complexity index is 592. The number of thioether (sulfide) groups is 1. The molecule has 1 saturated carbocycles. The highest BCUT2D eigenvalue weighted by molar-refractivity contribution is 7.98. The molecule has 128 valence electrons. The first kappa shape index (κ1) is 18.0. The summed E-state index contributed by atoms with van der Waals surface area (Å²) in [6.07, 6.45) is 9.89. The molecule has 23 heavy (non-hydrogen) atoms. The molecule has 1 aliphatic rings. The van der Waals surface area contributed by atoms with Crippen LogP contribution in [-0.2, 0) is 11.2 Å². The zero-order chi connectivity index (χ0) is 16.8. The van der Waals surface area contributed by atoms with E-state index in [0.29, 0.717) is 29.6 Å². The van der Waals surface area contributed by atoms with Crippen LogP contribution in [0.4, 0.5) is 0 Å². The van der Waals surface area contributed by atoms with Crippen molar-refractivity contribution in [3.63, 3.8) is 0 Å². The smallest absolute Gasteiger partial charge is 0.254 e. The number of nitrogens with one attached hydrogen (secondary N) is 1. The number of amides is 1. The maximum absolute atomic E-state index is 12.5. The van der Waals surface area contributed by atoms with Crippen molar-refractivity contribution in [2.24, 2.45) is 0 Å². The SMILES string of the molecule is CSc1nc(C)c(CCC(=O)N(C)C2CCCCCC2)c(=O)[nH]1. The van der Waals surface area contributed by atoms with Crippen molar-refractivity contribution >= 4 is 17.7 Å². The number of aromatic nitrogens is 2. The minimum atomic E-state index is -0.119. The molecule has 1 heterocycles. The lowest BCUT2D eigenvalue weighted by atomic mass is 10.1. The molecule has 0 radical (unpaired) electrons. The largest absolute Gasteiger partial charge is 0.343 e. The number of carbonyl (C=O) groups excluding carboxylic acids is 1. The van der Waals surface area contributed by atoms with Crippen LogP contribution in [0.5, 0.6) is 0 Å². The highest BCUT2D eigenvalue weighted by Crippen LogP contribution is 2.21. The van der Waals surface area contributed by atoms with Gasteiger partial charge in [-0.25, -0.2) is 4.98 Å². The van der Waals surface area contributed by atoms with E-state index in [4.69, 9.17) is 0 Å². The summed E-state index contributed by atoms with van der Waals surface area (Å²) in [5.41, 5.74) is 1.24. The summed E-state index contributed by atoms with van der Waals surface area (Å²) in [6.45, 7) is 1.84. The second-order valence-electron chi connectivity index (χ2n) is 6.29. The van der Waals surface area contributed by atoms with Crippen molar-refractivity contribution < 1.29 is 4.79 Å². The second-order valence-corrected chi connectivity index (χ2v) is 7.08. The van der Waals surface area contributed by atoms with Gasteiger partial charge in [-0.05, 0) is 32.4 Å². The molecule has 0 unspecified atom stereocenters. The van der Waals surface area contributed by atoms with Crippen LogP contribution in [0.1, 0.15) is 56.2 Å². The van der Waals surface area contributed by atoms with E-state index >= 15 is 0 Å². The molecule has 1 fully saturated rings. The Hall–Kier alpha value is -1.30. The lowest BCUT2D eigenvalue weighted by Gasteiger charge is -2.27. The van der Waals surface area contributed by atoms with Gasteiger partial charge in [-0.15, -0.1) is 0 Å². The van der Waals surface area contributed by atoms with Crippen molar-refractivity contribution in [2.75, 3.05) is 13.3 Å². The van der Waals surface area contributed by atoms with Crippen LogP contribution in [0.25, 0.3) is 0 Å². The van der Waals surface area contributed by atoms with Gasteiger partial charge < -0.3 is 9.88 Å². The molecule has 1 amide bonds. The molecular weight excluding hydrogens is 310 g/mol. The van der Waals surface area contributed by atoms with Crippen molar-refractivity contribution in [1.29, 1.82) is 0 Å². The molecule has 6 heteroatoms.